The third-order valence-corrected chi connectivity index (χ3v) is 8.28. The van der Waals surface area contributed by atoms with Gasteiger partial charge in [-0.3, -0.25) is 9.36 Å². The zero-order valence-corrected chi connectivity index (χ0v) is 21.7. The summed E-state index contributed by atoms with van der Waals surface area (Å²) in [5.41, 5.74) is 6.09. The van der Waals surface area contributed by atoms with Gasteiger partial charge in [0.1, 0.15) is 0 Å². The van der Waals surface area contributed by atoms with Crippen LogP contribution in [0.2, 0.25) is 0 Å². The first-order valence-corrected chi connectivity index (χ1v) is 13.2. The van der Waals surface area contributed by atoms with E-state index in [0.717, 1.165) is 40.8 Å². The van der Waals surface area contributed by atoms with Gasteiger partial charge in [-0.05, 0) is 53.8 Å². The molecular weight excluding hydrogens is 500 g/mol. The molecule has 3 aromatic carbocycles. The van der Waals surface area contributed by atoms with Gasteiger partial charge < -0.3 is 18.9 Å². The number of nitrogens with zero attached hydrogens (tertiary/aromatic N) is 2. The van der Waals surface area contributed by atoms with Gasteiger partial charge in [-0.25, -0.2) is 4.99 Å². The normalized spacial score (nSPS) is 17.4. The highest BCUT2D eigenvalue weighted by Gasteiger charge is 2.34. The van der Waals surface area contributed by atoms with Crippen LogP contribution in [0.3, 0.4) is 0 Å². The van der Waals surface area contributed by atoms with Gasteiger partial charge in [-0.1, -0.05) is 53.8 Å². The molecule has 1 aliphatic carbocycles. The lowest BCUT2D eigenvalue weighted by atomic mass is 9.83. The summed E-state index contributed by atoms with van der Waals surface area (Å²) in [5, 5.41) is 0. The van der Waals surface area contributed by atoms with Gasteiger partial charge >= 0.3 is 0 Å². The molecule has 4 aromatic rings. The molecule has 0 amide bonds. The number of aromatic nitrogens is 1. The maximum atomic E-state index is 14.0. The van der Waals surface area contributed by atoms with Crippen molar-refractivity contribution in [3.63, 3.8) is 0 Å². The summed E-state index contributed by atoms with van der Waals surface area (Å²) < 4.78 is 24.9. The predicted octanol–water partition coefficient (Wildman–Crippen LogP) is 4.06. The van der Waals surface area contributed by atoms with Crippen molar-refractivity contribution in [2.45, 2.75) is 18.9 Å². The quantitative estimate of drug-likeness (QED) is 0.403. The van der Waals surface area contributed by atoms with Crippen LogP contribution in [0.5, 0.6) is 23.0 Å². The Hall–Kier alpha value is -4.30. The number of methoxy groups -OCH3 is 2. The number of allylic oxidation sites excluding steroid dienone is 1. The van der Waals surface area contributed by atoms with E-state index in [-0.39, 0.29) is 18.4 Å². The second kappa shape index (κ2) is 8.92. The minimum Gasteiger partial charge on any atom is -0.493 e. The van der Waals surface area contributed by atoms with Crippen LogP contribution in [0, 0.1) is 0 Å². The second-order valence-corrected chi connectivity index (χ2v) is 10.3. The van der Waals surface area contributed by atoms with Crippen molar-refractivity contribution < 1.29 is 18.9 Å². The van der Waals surface area contributed by atoms with Gasteiger partial charge in [0.15, 0.2) is 27.8 Å². The molecule has 0 unspecified atom stereocenters. The lowest BCUT2D eigenvalue weighted by Crippen LogP contribution is -2.39. The Morgan fingerprint density at radius 2 is 1.87 bits per heavy atom. The molecule has 7 rings (SSSR count). The Kier molecular flexibility index (Phi) is 5.37. The Labute approximate surface area is 222 Å². The van der Waals surface area contributed by atoms with Crippen molar-refractivity contribution in [1.82, 2.24) is 4.57 Å². The minimum absolute atomic E-state index is 0.0910. The Bertz CT molecular complexity index is 1820. The molecule has 1 aromatic heterocycles. The summed E-state index contributed by atoms with van der Waals surface area (Å²) in [6.45, 7) is 0.205. The SMILES string of the molecule is COc1cccc([C@H]2C3=C(N=c4s/c(=C/c5ccc6c(c5)OCO6)c(=O)n42)c2ccccc2CC3)c1OC. The van der Waals surface area contributed by atoms with Crippen LogP contribution in [0.25, 0.3) is 11.8 Å². The number of hydrogen-bond acceptors (Lipinski definition) is 7. The van der Waals surface area contributed by atoms with Crippen LogP contribution in [0.4, 0.5) is 0 Å². The molecule has 38 heavy (non-hydrogen) atoms. The molecule has 1 atom stereocenters. The van der Waals surface area contributed by atoms with Gasteiger partial charge in [0.05, 0.1) is 30.5 Å². The monoisotopic (exact) mass is 524 g/mol. The smallest absolute Gasteiger partial charge is 0.271 e. The number of hydrogen-bond donors (Lipinski definition) is 0. The average molecular weight is 525 g/mol. The van der Waals surface area contributed by atoms with Crippen molar-refractivity contribution in [2.75, 3.05) is 21.0 Å². The second-order valence-electron chi connectivity index (χ2n) is 9.31. The van der Waals surface area contributed by atoms with Crippen LogP contribution in [0.15, 0.2) is 76.0 Å². The van der Waals surface area contributed by atoms with E-state index in [1.165, 1.54) is 16.9 Å². The van der Waals surface area contributed by atoms with Crippen LogP contribution in [0.1, 0.15) is 34.7 Å². The Morgan fingerprint density at radius 1 is 1.00 bits per heavy atom. The molecular formula is C30H24N2O5S. The Balaban J connectivity index is 1.49. The maximum Gasteiger partial charge on any atom is 0.271 e. The number of thiazole rings is 1. The number of aryl methyl sites for hydroxylation is 1. The molecule has 0 radical (unpaired) electrons. The van der Waals surface area contributed by atoms with E-state index in [4.69, 9.17) is 23.9 Å². The molecule has 190 valence electrons. The summed E-state index contributed by atoms with van der Waals surface area (Å²) in [5.74, 6) is 2.64. The Morgan fingerprint density at radius 3 is 2.74 bits per heavy atom. The van der Waals surface area contributed by atoms with E-state index < -0.39 is 0 Å². The van der Waals surface area contributed by atoms with E-state index in [0.29, 0.717) is 32.3 Å². The van der Waals surface area contributed by atoms with E-state index >= 15 is 0 Å². The first kappa shape index (κ1) is 22.9. The maximum absolute atomic E-state index is 14.0. The molecule has 0 spiro atoms. The molecule has 3 aliphatic rings. The molecule has 0 fully saturated rings. The van der Waals surface area contributed by atoms with Crippen molar-refractivity contribution in [2.24, 2.45) is 4.99 Å². The highest BCUT2D eigenvalue weighted by molar-refractivity contribution is 7.07. The molecule has 7 nitrogen and oxygen atoms in total. The molecule has 8 heteroatoms. The summed E-state index contributed by atoms with van der Waals surface area (Å²) >= 11 is 1.39. The number of benzene rings is 3. The van der Waals surface area contributed by atoms with Crippen LogP contribution >= 0.6 is 11.3 Å². The highest BCUT2D eigenvalue weighted by atomic mass is 32.1. The first-order chi connectivity index (χ1) is 18.7. The number of rotatable bonds is 4. The van der Waals surface area contributed by atoms with Gasteiger partial charge in [0.2, 0.25) is 6.79 Å². The van der Waals surface area contributed by atoms with E-state index in [9.17, 15) is 4.79 Å². The number of ether oxygens (including phenoxy) is 4. The van der Waals surface area contributed by atoms with E-state index in [2.05, 4.69) is 18.2 Å². The molecule has 2 aliphatic heterocycles. The standard InChI is InChI=1S/C30H24N2O5S/c1-34-23-9-5-8-21(28(23)35-2)27-20-12-11-18-6-3-4-7-19(18)26(20)31-30-32(27)29(33)25(38-30)15-17-10-13-22-24(14-17)37-16-36-22/h3-10,13-15,27H,11-12,16H2,1-2H3/b25-15+/t27-/m1/s1. The fourth-order valence-corrected chi connectivity index (χ4v) is 6.58. The third-order valence-electron chi connectivity index (χ3n) is 7.30. The summed E-state index contributed by atoms with van der Waals surface area (Å²) in [4.78, 5) is 19.8. The first-order valence-electron chi connectivity index (χ1n) is 12.4. The number of para-hydroxylation sites is 1. The third kappa shape index (κ3) is 3.48. The zero-order chi connectivity index (χ0) is 25.8. The topological polar surface area (TPSA) is 71.3 Å². The van der Waals surface area contributed by atoms with Crippen molar-refractivity contribution >= 4 is 23.1 Å². The van der Waals surface area contributed by atoms with Crippen molar-refractivity contribution in [3.05, 3.63) is 108 Å². The van der Waals surface area contributed by atoms with Gasteiger partial charge in [-0.15, -0.1) is 0 Å². The molecule has 0 bridgehead atoms. The molecule has 0 saturated heterocycles. The zero-order valence-electron chi connectivity index (χ0n) is 20.9. The minimum atomic E-state index is -0.362. The average Bonchev–Trinajstić information content (AvgIpc) is 3.55. The molecule has 0 saturated carbocycles. The van der Waals surface area contributed by atoms with Gasteiger partial charge in [-0.2, -0.15) is 0 Å². The fraction of sp³-hybridized carbons (Fsp3) is 0.200. The fourth-order valence-electron chi connectivity index (χ4n) is 5.58. The molecule has 3 heterocycles. The predicted molar refractivity (Wildman–Crippen MR) is 145 cm³/mol. The van der Waals surface area contributed by atoms with Crippen molar-refractivity contribution in [1.29, 1.82) is 0 Å². The highest BCUT2D eigenvalue weighted by Crippen LogP contribution is 2.45. The molecule has 0 N–H and O–H groups in total. The largest absolute Gasteiger partial charge is 0.493 e. The van der Waals surface area contributed by atoms with Gasteiger partial charge in [0.25, 0.3) is 5.56 Å². The lowest BCUT2D eigenvalue weighted by molar-refractivity contribution is 0.174. The number of fused-ring (bicyclic) bond motifs is 4. The van der Waals surface area contributed by atoms with E-state index in [1.807, 2.05) is 53.1 Å². The van der Waals surface area contributed by atoms with Crippen LogP contribution in [-0.2, 0) is 6.42 Å². The lowest BCUT2D eigenvalue weighted by Gasteiger charge is -2.31. The summed E-state index contributed by atoms with van der Waals surface area (Å²) in [7, 11) is 3.26. The summed E-state index contributed by atoms with van der Waals surface area (Å²) in [6.07, 6.45) is 3.57. The van der Waals surface area contributed by atoms with Gasteiger partial charge in [0, 0.05) is 11.1 Å². The van der Waals surface area contributed by atoms with Crippen LogP contribution in [-0.4, -0.2) is 25.6 Å². The van der Waals surface area contributed by atoms with Crippen molar-refractivity contribution in [3.8, 4) is 23.0 Å². The van der Waals surface area contributed by atoms with E-state index in [1.54, 1.807) is 14.2 Å². The summed E-state index contributed by atoms with van der Waals surface area (Å²) in [6, 6.07) is 19.5. The van der Waals surface area contributed by atoms with Crippen LogP contribution < -0.4 is 33.8 Å².